The number of halogens is 1. The molecule has 2 rings (SSSR count). The Morgan fingerprint density at radius 3 is 2.85 bits per heavy atom. The Kier molecular flexibility index (Phi) is 5.25. The average Bonchev–Trinajstić information content (AvgIpc) is 2.86. The molecule has 0 spiro atoms. The van der Waals surface area contributed by atoms with Crippen LogP contribution in [0.4, 0.5) is 0 Å². The van der Waals surface area contributed by atoms with Crippen LogP contribution in [0.1, 0.15) is 26.2 Å². The second-order valence-corrected chi connectivity index (χ2v) is 6.14. The lowest BCUT2D eigenvalue weighted by molar-refractivity contribution is 0.332. The number of rotatable bonds is 6. The summed E-state index contributed by atoms with van der Waals surface area (Å²) < 4.78 is 6.16. The summed E-state index contributed by atoms with van der Waals surface area (Å²) >= 11 is 3.44. The van der Waals surface area contributed by atoms with E-state index in [4.69, 9.17) is 10.3 Å². The molecule has 20 heavy (non-hydrogen) atoms. The van der Waals surface area contributed by atoms with Crippen molar-refractivity contribution in [1.29, 1.82) is 0 Å². The summed E-state index contributed by atoms with van der Waals surface area (Å²) in [5, 5.41) is 3.99. The predicted octanol–water partition coefficient (Wildman–Crippen LogP) is 3.06. The van der Waals surface area contributed by atoms with Crippen molar-refractivity contribution in [3.05, 3.63) is 28.7 Å². The van der Waals surface area contributed by atoms with E-state index in [9.17, 15) is 0 Å². The molecule has 0 saturated carbocycles. The lowest BCUT2D eigenvalue weighted by Crippen LogP contribution is -2.19. The zero-order valence-corrected chi connectivity index (χ0v) is 13.3. The minimum atomic E-state index is 0.371. The van der Waals surface area contributed by atoms with E-state index in [1.807, 2.05) is 12.1 Å². The van der Waals surface area contributed by atoms with E-state index in [0.29, 0.717) is 42.2 Å². The number of aromatic nitrogens is 3. The van der Waals surface area contributed by atoms with E-state index in [1.165, 1.54) is 0 Å². The molecule has 0 radical (unpaired) electrons. The Balaban J connectivity index is 2.11. The molecule has 0 aliphatic heterocycles. The van der Waals surface area contributed by atoms with Crippen molar-refractivity contribution in [1.82, 2.24) is 15.1 Å². The second kappa shape index (κ2) is 6.95. The van der Waals surface area contributed by atoms with Gasteiger partial charge in [-0.15, -0.1) is 0 Å². The van der Waals surface area contributed by atoms with Crippen molar-refractivity contribution >= 4 is 15.9 Å². The van der Waals surface area contributed by atoms with Crippen LogP contribution in [0, 0.1) is 11.8 Å². The maximum atomic E-state index is 5.80. The van der Waals surface area contributed by atoms with Crippen LogP contribution < -0.4 is 5.73 Å². The van der Waals surface area contributed by atoms with Crippen molar-refractivity contribution in [2.45, 2.75) is 26.7 Å². The van der Waals surface area contributed by atoms with Gasteiger partial charge in [0.05, 0.1) is 0 Å². The molecule has 0 fully saturated rings. The van der Waals surface area contributed by atoms with Crippen LogP contribution in [0.15, 0.2) is 27.3 Å². The number of hydrogen-bond donors (Lipinski definition) is 1. The third kappa shape index (κ3) is 3.86. The van der Waals surface area contributed by atoms with Gasteiger partial charge in [0.2, 0.25) is 11.7 Å². The van der Waals surface area contributed by atoms with Gasteiger partial charge >= 0.3 is 0 Å². The molecule has 0 aliphatic carbocycles. The van der Waals surface area contributed by atoms with Gasteiger partial charge < -0.3 is 10.3 Å². The maximum Gasteiger partial charge on any atom is 0.227 e. The maximum absolute atomic E-state index is 5.80. The molecule has 5 nitrogen and oxygen atoms in total. The smallest absolute Gasteiger partial charge is 0.227 e. The Labute approximate surface area is 127 Å². The van der Waals surface area contributed by atoms with Crippen molar-refractivity contribution in [2.24, 2.45) is 17.6 Å². The zero-order chi connectivity index (χ0) is 14.5. The van der Waals surface area contributed by atoms with E-state index >= 15 is 0 Å². The molecule has 0 aliphatic rings. The number of nitrogens with zero attached hydrogens (tertiary/aromatic N) is 3. The molecule has 2 N–H and O–H groups in total. The summed E-state index contributed by atoms with van der Waals surface area (Å²) in [4.78, 5) is 8.66. The van der Waals surface area contributed by atoms with Crippen LogP contribution in [-0.4, -0.2) is 21.7 Å². The van der Waals surface area contributed by atoms with Crippen LogP contribution in [-0.2, 0) is 6.42 Å². The predicted molar refractivity (Wildman–Crippen MR) is 80.9 cm³/mol. The first-order chi connectivity index (χ1) is 9.60. The molecule has 0 saturated heterocycles. The monoisotopic (exact) mass is 338 g/mol. The molecule has 0 aromatic carbocycles. The quantitative estimate of drug-likeness (QED) is 0.875. The highest BCUT2D eigenvalue weighted by atomic mass is 79.9. The molecule has 108 valence electrons. The second-order valence-electron chi connectivity index (χ2n) is 5.28. The first-order valence-corrected chi connectivity index (χ1v) is 7.53. The van der Waals surface area contributed by atoms with Gasteiger partial charge in [-0.05, 0) is 52.9 Å². The van der Waals surface area contributed by atoms with Gasteiger partial charge in [-0.25, -0.2) is 0 Å². The van der Waals surface area contributed by atoms with Crippen LogP contribution in [0.25, 0.3) is 11.5 Å². The van der Waals surface area contributed by atoms with Gasteiger partial charge in [0, 0.05) is 17.1 Å². The van der Waals surface area contributed by atoms with Gasteiger partial charge in [-0.3, -0.25) is 4.98 Å². The number of hydrogen-bond acceptors (Lipinski definition) is 5. The standard InChI is InChI=1S/C14H19BrN4O/c1-9(2)6-10(8-16)7-12-18-14(19-20-12)13-11(15)4-3-5-17-13/h3-5,9-10H,6-8,16H2,1-2H3/t10-/m0/s1. The molecular weight excluding hydrogens is 320 g/mol. The third-order valence-corrected chi connectivity index (χ3v) is 3.68. The SMILES string of the molecule is CC(C)C[C@H](CN)Cc1nc(-c2ncccc2Br)no1. The van der Waals surface area contributed by atoms with Crippen LogP contribution in [0.5, 0.6) is 0 Å². The molecule has 0 bridgehead atoms. The van der Waals surface area contributed by atoms with Gasteiger partial charge in [0.25, 0.3) is 0 Å². The lowest BCUT2D eigenvalue weighted by atomic mass is 9.94. The fourth-order valence-electron chi connectivity index (χ4n) is 2.16. The van der Waals surface area contributed by atoms with E-state index in [2.05, 4.69) is 44.9 Å². The molecule has 0 amide bonds. The molecule has 2 aromatic rings. The molecule has 2 aromatic heterocycles. The fourth-order valence-corrected chi connectivity index (χ4v) is 2.59. The molecule has 0 unspecified atom stereocenters. The minimum Gasteiger partial charge on any atom is -0.339 e. The normalized spacial score (nSPS) is 12.8. The Morgan fingerprint density at radius 1 is 1.40 bits per heavy atom. The summed E-state index contributed by atoms with van der Waals surface area (Å²) in [7, 11) is 0. The summed E-state index contributed by atoms with van der Waals surface area (Å²) in [6.45, 7) is 5.00. The van der Waals surface area contributed by atoms with E-state index in [0.717, 1.165) is 10.9 Å². The third-order valence-electron chi connectivity index (χ3n) is 3.04. The first-order valence-electron chi connectivity index (χ1n) is 6.73. The van der Waals surface area contributed by atoms with Crippen molar-refractivity contribution in [2.75, 3.05) is 6.54 Å². The minimum absolute atomic E-state index is 0.371. The van der Waals surface area contributed by atoms with Crippen molar-refractivity contribution < 1.29 is 4.52 Å². The van der Waals surface area contributed by atoms with Crippen molar-refractivity contribution in [3.8, 4) is 11.5 Å². The van der Waals surface area contributed by atoms with Crippen LogP contribution in [0.2, 0.25) is 0 Å². The van der Waals surface area contributed by atoms with Crippen LogP contribution >= 0.6 is 15.9 Å². The van der Waals surface area contributed by atoms with E-state index in [-0.39, 0.29) is 0 Å². The molecule has 6 heteroatoms. The highest BCUT2D eigenvalue weighted by Gasteiger charge is 2.17. The Hall–Kier alpha value is -1.27. The van der Waals surface area contributed by atoms with Crippen molar-refractivity contribution in [3.63, 3.8) is 0 Å². The zero-order valence-electron chi connectivity index (χ0n) is 11.7. The molecular formula is C14H19BrN4O. The summed E-state index contributed by atoms with van der Waals surface area (Å²) in [6.07, 6.45) is 3.48. The van der Waals surface area contributed by atoms with Crippen LogP contribution in [0.3, 0.4) is 0 Å². The highest BCUT2D eigenvalue weighted by molar-refractivity contribution is 9.10. The Morgan fingerprint density at radius 2 is 2.20 bits per heavy atom. The highest BCUT2D eigenvalue weighted by Crippen LogP contribution is 2.24. The van der Waals surface area contributed by atoms with Gasteiger partial charge in [-0.1, -0.05) is 19.0 Å². The molecule has 2 heterocycles. The van der Waals surface area contributed by atoms with Gasteiger partial charge in [0.1, 0.15) is 5.69 Å². The van der Waals surface area contributed by atoms with E-state index < -0.39 is 0 Å². The summed E-state index contributed by atoms with van der Waals surface area (Å²) in [5.41, 5.74) is 6.49. The Bertz CT molecular complexity index is 556. The summed E-state index contributed by atoms with van der Waals surface area (Å²) in [6, 6.07) is 3.75. The summed E-state index contributed by atoms with van der Waals surface area (Å²) in [5.74, 6) is 2.10. The lowest BCUT2D eigenvalue weighted by Gasteiger charge is -2.14. The number of nitrogens with two attached hydrogens (primary N) is 1. The fraction of sp³-hybridized carbons (Fsp3) is 0.500. The van der Waals surface area contributed by atoms with E-state index in [1.54, 1.807) is 6.20 Å². The molecule has 1 atom stereocenters. The van der Waals surface area contributed by atoms with Gasteiger partial charge in [0.15, 0.2) is 0 Å². The topological polar surface area (TPSA) is 77.8 Å². The first kappa shape index (κ1) is 15.1. The average molecular weight is 339 g/mol. The number of pyridine rings is 1. The largest absolute Gasteiger partial charge is 0.339 e. The van der Waals surface area contributed by atoms with Gasteiger partial charge in [-0.2, -0.15) is 4.98 Å².